The van der Waals surface area contributed by atoms with Crippen molar-refractivity contribution in [3.05, 3.63) is 71.9 Å². The smallest absolute Gasteiger partial charge is 0.292 e. The van der Waals surface area contributed by atoms with Crippen LogP contribution in [0.25, 0.3) is 0 Å². The first-order valence-corrected chi connectivity index (χ1v) is 11.2. The first kappa shape index (κ1) is 21.2. The topological polar surface area (TPSA) is 72.9 Å². The second kappa shape index (κ2) is 8.37. The fourth-order valence-corrected chi connectivity index (χ4v) is 4.54. The molecule has 4 amide bonds. The van der Waals surface area contributed by atoms with Gasteiger partial charge in [-0.15, -0.1) is 0 Å². The Morgan fingerprint density at radius 3 is 1.91 bits per heavy atom. The van der Waals surface area contributed by atoms with E-state index in [9.17, 15) is 9.59 Å². The third-order valence-corrected chi connectivity index (χ3v) is 6.12. The summed E-state index contributed by atoms with van der Waals surface area (Å²) in [5.41, 5.74) is 0.848. The van der Waals surface area contributed by atoms with Crippen LogP contribution in [0.5, 0.6) is 0 Å². The third-order valence-electron chi connectivity index (χ3n) is 5.91. The van der Waals surface area contributed by atoms with E-state index in [1.165, 1.54) is 0 Å². The Balaban J connectivity index is 1.42. The van der Waals surface area contributed by atoms with Crippen LogP contribution in [0.15, 0.2) is 66.7 Å². The van der Waals surface area contributed by atoms with Gasteiger partial charge < -0.3 is 0 Å². The van der Waals surface area contributed by atoms with Crippen LogP contribution < -0.4 is 19.6 Å². The summed E-state index contributed by atoms with van der Waals surface area (Å²) in [6.07, 6.45) is 0. The summed E-state index contributed by atoms with van der Waals surface area (Å²) < 4.78 is 0. The van der Waals surface area contributed by atoms with Crippen molar-refractivity contribution in [1.29, 1.82) is 0 Å². The number of pyridine rings is 2. The minimum Gasteiger partial charge on any atom is -0.292 e. The lowest BCUT2D eigenvalue weighted by atomic mass is 10.3. The minimum absolute atomic E-state index is 0.0687. The highest BCUT2D eigenvalue weighted by Crippen LogP contribution is 2.31. The summed E-state index contributed by atoms with van der Waals surface area (Å²) in [5, 5.41) is 0.329. The minimum atomic E-state index is -0.228. The number of rotatable bonds is 4. The van der Waals surface area contributed by atoms with Gasteiger partial charge in [-0.3, -0.25) is 19.6 Å². The van der Waals surface area contributed by atoms with Gasteiger partial charge in [-0.2, -0.15) is 0 Å². The number of halogens is 1. The molecule has 0 saturated carbocycles. The third kappa shape index (κ3) is 3.76. The predicted octanol–water partition coefficient (Wildman–Crippen LogP) is 4.80. The normalized spacial score (nSPS) is 20.8. The fraction of sp³-hybridized carbons (Fsp3) is 0.250. The number of anilines is 4. The number of para-hydroxylation sites is 1. The molecule has 0 N–H and O–H groups in total. The summed E-state index contributed by atoms with van der Waals surface area (Å²) in [7, 11) is 0. The van der Waals surface area contributed by atoms with Crippen LogP contribution in [0.1, 0.15) is 13.8 Å². The van der Waals surface area contributed by atoms with Crippen molar-refractivity contribution in [3.8, 4) is 0 Å². The van der Waals surface area contributed by atoms with Gasteiger partial charge in [0, 0.05) is 18.8 Å². The van der Waals surface area contributed by atoms with Gasteiger partial charge in [0.25, 0.3) is 0 Å². The fourth-order valence-electron chi connectivity index (χ4n) is 4.38. The van der Waals surface area contributed by atoms with Crippen LogP contribution in [-0.2, 0) is 0 Å². The lowest BCUT2D eigenvalue weighted by molar-refractivity contribution is 0.254. The number of amides is 4. The summed E-state index contributed by atoms with van der Waals surface area (Å²) in [6, 6.07) is 19.6. The van der Waals surface area contributed by atoms with E-state index in [1.54, 1.807) is 49.9 Å². The lowest BCUT2D eigenvalue weighted by Gasteiger charge is -2.22. The molecule has 9 heteroatoms. The molecular formula is C24H23ClN6O2. The zero-order valence-electron chi connectivity index (χ0n) is 18.3. The second-order valence-electron chi connectivity index (χ2n) is 8.23. The Hall–Kier alpha value is -3.65. The number of hydrogen-bond donors (Lipinski definition) is 0. The van der Waals surface area contributed by atoms with E-state index in [4.69, 9.17) is 16.6 Å². The molecule has 4 heterocycles. The average molecular weight is 463 g/mol. The molecule has 2 aromatic heterocycles. The lowest BCUT2D eigenvalue weighted by Crippen LogP contribution is -2.36. The molecule has 0 bridgehead atoms. The molecule has 1 aromatic carbocycles. The van der Waals surface area contributed by atoms with Crippen molar-refractivity contribution in [2.24, 2.45) is 0 Å². The van der Waals surface area contributed by atoms with E-state index < -0.39 is 0 Å². The molecule has 8 nitrogen and oxygen atoms in total. The van der Waals surface area contributed by atoms with E-state index in [2.05, 4.69) is 4.98 Å². The predicted molar refractivity (Wildman–Crippen MR) is 129 cm³/mol. The maximum Gasteiger partial charge on any atom is 0.331 e. The number of carbonyl (C=O) groups excluding carboxylic acids is 2. The quantitative estimate of drug-likeness (QED) is 0.522. The Kier molecular flexibility index (Phi) is 5.38. The van der Waals surface area contributed by atoms with Crippen LogP contribution in [0, 0.1) is 0 Å². The maximum absolute atomic E-state index is 13.3. The van der Waals surface area contributed by atoms with Gasteiger partial charge in [0.2, 0.25) is 0 Å². The molecule has 0 spiro atoms. The molecule has 2 aliphatic rings. The Labute approximate surface area is 197 Å². The number of aromatic nitrogens is 2. The molecular weight excluding hydrogens is 440 g/mol. The van der Waals surface area contributed by atoms with Gasteiger partial charge in [-0.05, 0) is 50.2 Å². The van der Waals surface area contributed by atoms with Crippen molar-refractivity contribution >= 4 is 46.8 Å². The number of nitrogens with zero attached hydrogens (tertiary/aromatic N) is 6. The van der Waals surface area contributed by atoms with Crippen LogP contribution in [0.2, 0.25) is 5.15 Å². The highest BCUT2D eigenvalue weighted by molar-refractivity contribution is 6.29. The largest absolute Gasteiger partial charge is 0.331 e. The molecule has 5 rings (SSSR count). The van der Waals surface area contributed by atoms with Crippen LogP contribution in [0.3, 0.4) is 0 Å². The highest BCUT2D eigenvalue weighted by atomic mass is 35.5. The Morgan fingerprint density at radius 2 is 1.24 bits per heavy atom. The number of carbonyl (C=O) groups is 2. The van der Waals surface area contributed by atoms with Crippen molar-refractivity contribution in [2.75, 3.05) is 32.7 Å². The molecule has 3 aromatic rings. The average Bonchev–Trinajstić information content (AvgIpc) is 3.28. The van der Waals surface area contributed by atoms with Gasteiger partial charge in [0.1, 0.15) is 22.6 Å². The SMILES string of the molecule is C[C@H]1CN(c2ccccc2)C(=O)N1c1cccc(N2C[C@H](C)N(c3cccc(Cl)n3)C2=O)n1. The Morgan fingerprint density at radius 1 is 0.697 bits per heavy atom. The first-order valence-electron chi connectivity index (χ1n) is 10.8. The maximum atomic E-state index is 13.3. The van der Waals surface area contributed by atoms with Gasteiger partial charge in [-0.1, -0.05) is 41.9 Å². The molecule has 2 saturated heterocycles. The summed E-state index contributed by atoms with van der Waals surface area (Å²) in [6.45, 7) is 4.95. The van der Waals surface area contributed by atoms with Crippen LogP contribution in [0.4, 0.5) is 32.7 Å². The van der Waals surface area contributed by atoms with Crippen molar-refractivity contribution in [1.82, 2.24) is 9.97 Å². The standard InChI is InChI=1S/C24H23ClN6O2/c1-16-14-28(18-8-4-3-5-9-18)23(32)31(16)22-13-7-11-20(27-22)29-15-17(2)30(24(29)33)21-12-6-10-19(25)26-21/h3-13,16-17H,14-15H2,1-2H3/t16-,17-/m0/s1. The molecule has 33 heavy (non-hydrogen) atoms. The van der Waals surface area contributed by atoms with E-state index in [0.717, 1.165) is 5.69 Å². The number of urea groups is 2. The van der Waals surface area contributed by atoms with E-state index in [1.807, 2.05) is 50.2 Å². The van der Waals surface area contributed by atoms with Crippen LogP contribution in [-0.4, -0.2) is 47.2 Å². The second-order valence-corrected chi connectivity index (χ2v) is 8.62. The van der Waals surface area contributed by atoms with Gasteiger partial charge in [0.15, 0.2) is 0 Å². The summed E-state index contributed by atoms with van der Waals surface area (Å²) >= 11 is 6.03. The summed E-state index contributed by atoms with van der Waals surface area (Å²) in [4.78, 5) is 42.1. The monoisotopic (exact) mass is 462 g/mol. The summed E-state index contributed by atoms with van der Waals surface area (Å²) in [5.74, 6) is 1.51. The zero-order valence-corrected chi connectivity index (χ0v) is 19.1. The molecule has 168 valence electrons. The molecule has 0 radical (unpaired) electrons. The molecule has 2 aliphatic heterocycles. The number of hydrogen-bond acceptors (Lipinski definition) is 4. The highest BCUT2D eigenvalue weighted by Gasteiger charge is 2.40. The van der Waals surface area contributed by atoms with E-state index in [0.29, 0.717) is 35.7 Å². The Bertz CT molecular complexity index is 1210. The van der Waals surface area contributed by atoms with E-state index >= 15 is 0 Å². The first-order chi connectivity index (χ1) is 15.9. The van der Waals surface area contributed by atoms with Gasteiger partial charge in [-0.25, -0.2) is 19.6 Å². The van der Waals surface area contributed by atoms with Crippen molar-refractivity contribution in [3.63, 3.8) is 0 Å². The van der Waals surface area contributed by atoms with Gasteiger partial charge in [0.05, 0.1) is 12.1 Å². The van der Waals surface area contributed by atoms with Gasteiger partial charge >= 0.3 is 12.1 Å². The van der Waals surface area contributed by atoms with Crippen LogP contribution >= 0.6 is 11.6 Å². The van der Waals surface area contributed by atoms with Crippen molar-refractivity contribution in [2.45, 2.75) is 25.9 Å². The zero-order chi connectivity index (χ0) is 23.1. The molecule has 0 aliphatic carbocycles. The van der Waals surface area contributed by atoms with E-state index in [-0.39, 0.29) is 24.1 Å². The molecule has 0 unspecified atom stereocenters. The molecule has 2 fully saturated rings. The van der Waals surface area contributed by atoms with Crippen molar-refractivity contribution < 1.29 is 9.59 Å². The number of benzene rings is 1. The molecule has 2 atom stereocenters.